The lowest BCUT2D eigenvalue weighted by Gasteiger charge is -2.31. The maximum absolute atomic E-state index is 12.8. The molecular formula is C13H12ClF3N2O3. The zero-order chi connectivity index (χ0) is 16.5. The zero-order valence-electron chi connectivity index (χ0n) is 11.2. The van der Waals surface area contributed by atoms with Gasteiger partial charge in [0.15, 0.2) is 6.10 Å². The molecule has 120 valence electrons. The molecule has 1 atom stereocenters. The van der Waals surface area contributed by atoms with Crippen molar-refractivity contribution in [2.75, 3.05) is 19.7 Å². The summed E-state index contributed by atoms with van der Waals surface area (Å²) in [6.45, 7) is 0.116. The summed E-state index contributed by atoms with van der Waals surface area (Å²) in [6.07, 6.45) is -5.58. The fourth-order valence-electron chi connectivity index (χ4n) is 2.07. The van der Waals surface area contributed by atoms with E-state index in [1.807, 2.05) is 0 Å². The summed E-state index contributed by atoms with van der Waals surface area (Å²) in [5.74, 6) is -1.40. The van der Waals surface area contributed by atoms with Gasteiger partial charge in [-0.15, -0.1) is 0 Å². The summed E-state index contributed by atoms with van der Waals surface area (Å²) in [6, 6.07) is 2.61. The Bertz CT molecular complexity index is 607. The average molecular weight is 337 g/mol. The van der Waals surface area contributed by atoms with Gasteiger partial charge >= 0.3 is 6.18 Å². The first-order valence-corrected chi connectivity index (χ1v) is 6.64. The standard InChI is InChI=1S/C13H12ClF3N2O3/c14-9-4-7(3-8(5-9)13(15,16)17)12(21)19-1-2-22-10(6-19)11(18)20/h3-5,10H,1-2,6H2,(H2,18,20)/t10-/m1/s1. The van der Waals surface area contributed by atoms with E-state index in [4.69, 9.17) is 22.1 Å². The number of carbonyl (C=O) groups is 2. The van der Waals surface area contributed by atoms with Gasteiger partial charge in [-0.05, 0) is 18.2 Å². The third-order valence-electron chi connectivity index (χ3n) is 3.14. The average Bonchev–Trinajstić information content (AvgIpc) is 2.45. The summed E-state index contributed by atoms with van der Waals surface area (Å²) in [5.41, 5.74) is 3.89. The second-order valence-corrected chi connectivity index (χ2v) is 5.18. The highest BCUT2D eigenvalue weighted by Gasteiger charge is 2.33. The summed E-state index contributed by atoms with van der Waals surface area (Å²) in [4.78, 5) is 24.6. The predicted molar refractivity (Wildman–Crippen MR) is 71.3 cm³/mol. The maximum Gasteiger partial charge on any atom is 0.416 e. The highest BCUT2D eigenvalue weighted by atomic mass is 35.5. The number of hydrogen-bond acceptors (Lipinski definition) is 3. The molecule has 0 aromatic heterocycles. The van der Waals surface area contributed by atoms with Crippen LogP contribution in [0.2, 0.25) is 5.02 Å². The number of benzene rings is 1. The first-order chi connectivity index (χ1) is 10.2. The Morgan fingerprint density at radius 2 is 2.00 bits per heavy atom. The Labute approximate surface area is 128 Å². The number of amides is 2. The quantitative estimate of drug-likeness (QED) is 0.893. The van der Waals surface area contributed by atoms with Gasteiger partial charge < -0.3 is 15.4 Å². The van der Waals surface area contributed by atoms with Crippen molar-refractivity contribution in [3.05, 3.63) is 34.3 Å². The van der Waals surface area contributed by atoms with Gasteiger partial charge in [-0.25, -0.2) is 0 Å². The Kier molecular flexibility index (Phi) is 4.62. The molecule has 2 amide bonds. The van der Waals surface area contributed by atoms with Crippen LogP contribution in [0.4, 0.5) is 13.2 Å². The van der Waals surface area contributed by atoms with E-state index in [-0.39, 0.29) is 30.3 Å². The molecule has 0 aliphatic carbocycles. The van der Waals surface area contributed by atoms with Crippen LogP contribution in [0, 0.1) is 0 Å². The first-order valence-electron chi connectivity index (χ1n) is 6.26. The lowest BCUT2D eigenvalue weighted by atomic mass is 10.1. The van der Waals surface area contributed by atoms with E-state index >= 15 is 0 Å². The van der Waals surface area contributed by atoms with Gasteiger partial charge in [0, 0.05) is 17.1 Å². The van der Waals surface area contributed by atoms with Gasteiger partial charge in [0.05, 0.1) is 18.7 Å². The maximum atomic E-state index is 12.8. The zero-order valence-corrected chi connectivity index (χ0v) is 11.9. The van der Waals surface area contributed by atoms with Crippen LogP contribution in [0.15, 0.2) is 18.2 Å². The number of alkyl halides is 3. The number of carbonyl (C=O) groups excluding carboxylic acids is 2. The fourth-order valence-corrected chi connectivity index (χ4v) is 2.30. The van der Waals surface area contributed by atoms with Crippen molar-refractivity contribution in [3.63, 3.8) is 0 Å². The van der Waals surface area contributed by atoms with Crippen molar-refractivity contribution in [1.29, 1.82) is 0 Å². The minimum absolute atomic E-state index is 0.0754. The molecule has 22 heavy (non-hydrogen) atoms. The Balaban J connectivity index is 2.26. The first kappa shape index (κ1) is 16.6. The van der Waals surface area contributed by atoms with Crippen molar-refractivity contribution in [3.8, 4) is 0 Å². The van der Waals surface area contributed by atoms with Gasteiger partial charge in [0.25, 0.3) is 5.91 Å². The minimum Gasteiger partial charge on any atom is -0.367 e. The molecule has 5 nitrogen and oxygen atoms in total. The Morgan fingerprint density at radius 3 is 2.59 bits per heavy atom. The van der Waals surface area contributed by atoms with Crippen LogP contribution in [0.3, 0.4) is 0 Å². The van der Waals surface area contributed by atoms with E-state index in [9.17, 15) is 22.8 Å². The molecule has 0 unspecified atom stereocenters. The van der Waals surface area contributed by atoms with Crippen LogP contribution in [0.1, 0.15) is 15.9 Å². The normalized spacial score (nSPS) is 19.1. The predicted octanol–water partition coefficient (Wildman–Crippen LogP) is 1.69. The second-order valence-electron chi connectivity index (χ2n) is 4.74. The number of morpholine rings is 1. The molecule has 1 aliphatic rings. The fraction of sp³-hybridized carbons (Fsp3) is 0.385. The van der Waals surface area contributed by atoms with E-state index < -0.39 is 29.7 Å². The number of halogens is 4. The lowest BCUT2D eigenvalue weighted by molar-refractivity contribution is -0.137. The number of rotatable bonds is 2. The van der Waals surface area contributed by atoms with Gasteiger partial charge in [0.2, 0.25) is 5.91 Å². The third kappa shape index (κ3) is 3.69. The molecular weight excluding hydrogens is 325 g/mol. The SMILES string of the molecule is NC(=O)[C@H]1CN(C(=O)c2cc(Cl)cc(C(F)(F)F)c2)CCO1. The summed E-state index contributed by atoms with van der Waals surface area (Å²) >= 11 is 5.65. The van der Waals surface area contributed by atoms with E-state index in [0.717, 1.165) is 18.2 Å². The number of nitrogens with zero attached hydrogens (tertiary/aromatic N) is 1. The summed E-state index contributed by atoms with van der Waals surface area (Å²) in [7, 11) is 0. The molecule has 1 heterocycles. The summed E-state index contributed by atoms with van der Waals surface area (Å²) < 4.78 is 43.4. The Hall–Kier alpha value is -1.80. The molecule has 1 aliphatic heterocycles. The monoisotopic (exact) mass is 336 g/mol. The van der Waals surface area contributed by atoms with Gasteiger partial charge in [-0.1, -0.05) is 11.6 Å². The molecule has 1 fully saturated rings. The van der Waals surface area contributed by atoms with Crippen LogP contribution in [-0.2, 0) is 15.7 Å². The van der Waals surface area contributed by atoms with Crippen molar-refractivity contribution >= 4 is 23.4 Å². The van der Waals surface area contributed by atoms with Crippen molar-refractivity contribution < 1.29 is 27.5 Å². The largest absolute Gasteiger partial charge is 0.416 e. The van der Waals surface area contributed by atoms with Gasteiger partial charge in [-0.3, -0.25) is 9.59 Å². The molecule has 0 saturated carbocycles. The van der Waals surface area contributed by atoms with Crippen LogP contribution in [-0.4, -0.2) is 42.5 Å². The van der Waals surface area contributed by atoms with Crippen LogP contribution >= 0.6 is 11.6 Å². The second kappa shape index (κ2) is 6.13. The molecule has 0 bridgehead atoms. The van der Waals surface area contributed by atoms with E-state index in [1.165, 1.54) is 4.90 Å². The Morgan fingerprint density at radius 1 is 1.32 bits per heavy atom. The topological polar surface area (TPSA) is 72.6 Å². The molecule has 2 N–H and O–H groups in total. The molecule has 1 saturated heterocycles. The summed E-state index contributed by atoms with van der Waals surface area (Å²) in [5, 5.41) is -0.196. The lowest BCUT2D eigenvalue weighted by Crippen LogP contribution is -2.50. The number of hydrogen-bond donors (Lipinski definition) is 1. The molecule has 0 radical (unpaired) electrons. The number of nitrogens with two attached hydrogens (primary N) is 1. The van der Waals surface area contributed by atoms with Crippen LogP contribution in [0.25, 0.3) is 0 Å². The molecule has 9 heteroatoms. The van der Waals surface area contributed by atoms with E-state index in [0.29, 0.717) is 0 Å². The number of ether oxygens (including phenoxy) is 1. The van der Waals surface area contributed by atoms with Crippen LogP contribution in [0.5, 0.6) is 0 Å². The molecule has 1 aromatic carbocycles. The third-order valence-corrected chi connectivity index (χ3v) is 3.36. The molecule has 0 spiro atoms. The van der Waals surface area contributed by atoms with Gasteiger partial charge in [-0.2, -0.15) is 13.2 Å². The smallest absolute Gasteiger partial charge is 0.367 e. The molecule has 2 rings (SSSR count). The van der Waals surface area contributed by atoms with E-state index in [1.54, 1.807) is 0 Å². The molecule has 1 aromatic rings. The van der Waals surface area contributed by atoms with Crippen molar-refractivity contribution in [2.45, 2.75) is 12.3 Å². The highest BCUT2D eigenvalue weighted by Crippen LogP contribution is 2.32. The minimum atomic E-state index is -4.61. The number of primary amides is 1. The van der Waals surface area contributed by atoms with Crippen molar-refractivity contribution in [1.82, 2.24) is 4.90 Å². The highest BCUT2D eigenvalue weighted by molar-refractivity contribution is 6.31. The van der Waals surface area contributed by atoms with Crippen LogP contribution < -0.4 is 5.73 Å². The van der Waals surface area contributed by atoms with Gasteiger partial charge in [0.1, 0.15) is 0 Å². The van der Waals surface area contributed by atoms with E-state index in [2.05, 4.69) is 0 Å². The van der Waals surface area contributed by atoms with Crippen molar-refractivity contribution in [2.24, 2.45) is 5.73 Å².